The minimum absolute atomic E-state index is 0.0114. The van der Waals surface area contributed by atoms with Crippen LogP contribution in [0.25, 0.3) is 0 Å². The van der Waals surface area contributed by atoms with Crippen molar-refractivity contribution in [3.05, 3.63) is 53.6 Å². The number of rotatable bonds is 10. The van der Waals surface area contributed by atoms with Crippen LogP contribution >= 0.6 is 0 Å². The number of phenols is 1. The van der Waals surface area contributed by atoms with Crippen molar-refractivity contribution in [3.8, 4) is 11.5 Å². The molecule has 6 heteroatoms. The maximum Gasteiger partial charge on any atom is 0.214 e. The summed E-state index contributed by atoms with van der Waals surface area (Å²) in [5.74, 6) is -0.575. The van der Waals surface area contributed by atoms with E-state index in [0.717, 1.165) is 19.3 Å². The third-order valence-electron chi connectivity index (χ3n) is 6.13. The second kappa shape index (κ2) is 10.4. The Kier molecular flexibility index (Phi) is 7.67. The highest BCUT2D eigenvalue weighted by atomic mass is 16.5. The quantitative estimate of drug-likeness (QED) is 0.544. The predicted molar refractivity (Wildman–Crippen MR) is 123 cm³/mol. The second-order valence-corrected chi connectivity index (χ2v) is 8.61. The van der Waals surface area contributed by atoms with Crippen LogP contribution in [0.1, 0.15) is 62.4 Å². The van der Waals surface area contributed by atoms with Crippen LogP contribution in [0.4, 0.5) is 5.69 Å². The Balaban J connectivity index is 1.73. The van der Waals surface area contributed by atoms with Gasteiger partial charge in [-0.1, -0.05) is 30.3 Å². The number of carbonyl (C=O) groups is 3. The molecular weight excluding hydrogens is 406 g/mol. The molecule has 6 nitrogen and oxygen atoms in total. The van der Waals surface area contributed by atoms with Crippen LogP contribution in [-0.4, -0.2) is 35.2 Å². The summed E-state index contributed by atoms with van der Waals surface area (Å²) in [5.41, 5.74) is 1.75. The number of phenolic OH excluding ortho intramolecular Hbond substituents is 1. The number of carbonyl (C=O) groups excluding carboxylic acids is 3. The number of nitrogens with zero attached hydrogens (tertiary/aromatic N) is 1. The monoisotopic (exact) mass is 437 g/mol. The minimum atomic E-state index is -0.536. The van der Waals surface area contributed by atoms with E-state index in [-0.39, 0.29) is 35.4 Å². The highest BCUT2D eigenvalue weighted by molar-refractivity contribution is 6.10. The van der Waals surface area contributed by atoms with Crippen molar-refractivity contribution in [2.24, 2.45) is 5.92 Å². The van der Waals surface area contributed by atoms with Crippen molar-refractivity contribution >= 4 is 23.7 Å². The van der Waals surface area contributed by atoms with Crippen molar-refractivity contribution in [1.29, 1.82) is 0 Å². The zero-order chi connectivity index (χ0) is 23.3. The number of hydrogen-bond donors (Lipinski definition) is 1. The molecule has 1 heterocycles. The lowest BCUT2D eigenvalue weighted by Crippen LogP contribution is -2.46. The lowest BCUT2D eigenvalue weighted by Gasteiger charge is -2.37. The van der Waals surface area contributed by atoms with Crippen molar-refractivity contribution in [2.75, 3.05) is 4.90 Å². The van der Waals surface area contributed by atoms with E-state index in [1.54, 1.807) is 13.0 Å². The molecule has 1 N–H and O–H groups in total. The largest absolute Gasteiger partial charge is 0.507 e. The van der Waals surface area contributed by atoms with Crippen LogP contribution in [0.5, 0.6) is 11.5 Å². The van der Waals surface area contributed by atoms with Crippen LogP contribution in [0.2, 0.25) is 0 Å². The number of ether oxygens (including phenoxy) is 1. The zero-order valence-corrected chi connectivity index (χ0v) is 18.9. The third kappa shape index (κ3) is 5.36. The predicted octanol–water partition coefficient (Wildman–Crippen LogP) is 4.72. The number of fused-ring (bicyclic) bond motifs is 1. The van der Waals surface area contributed by atoms with E-state index >= 15 is 0 Å². The molecule has 2 aromatic rings. The van der Waals surface area contributed by atoms with Crippen LogP contribution < -0.4 is 9.64 Å². The Bertz CT molecular complexity index is 972. The molecule has 1 amide bonds. The number of benzene rings is 2. The van der Waals surface area contributed by atoms with E-state index in [9.17, 15) is 19.5 Å². The van der Waals surface area contributed by atoms with Gasteiger partial charge in [0, 0.05) is 30.5 Å². The van der Waals surface area contributed by atoms with Gasteiger partial charge in [-0.2, -0.15) is 0 Å². The highest BCUT2D eigenvalue weighted by Crippen LogP contribution is 2.42. The first kappa shape index (κ1) is 23.5. The van der Waals surface area contributed by atoms with Crippen molar-refractivity contribution in [1.82, 2.24) is 0 Å². The fourth-order valence-corrected chi connectivity index (χ4v) is 4.34. The molecule has 170 valence electrons. The van der Waals surface area contributed by atoms with E-state index < -0.39 is 12.0 Å². The van der Waals surface area contributed by atoms with Gasteiger partial charge >= 0.3 is 0 Å². The highest BCUT2D eigenvalue weighted by Gasteiger charge is 2.39. The first-order valence-electron chi connectivity index (χ1n) is 11.2. The van der Waals surface area contributed by atoms with Gasteiger partial charge in [-0.25, -0.2) is 0 Å². The number of aromatic hydroxyl groups is 1. The van der Waals surface area contributed by atoms with Crippen LogP contribution in [-0.2, 0) is 16.0 Å². The fraction of sp³-hybridized carbons (Fsp3) is 0.423. The number of ketones is 2. The Morgan fingerprint density at radius 2 is 1.97 bits per heavy atom. The molecule has 32 heavy (non-hydrogen) atoms. The second-order valence-electron chi connectivity index (χ2n) is 8.61. The maximum absolute atomic E-state index is 13.1. The van der Waals surface area contributed by atoms with E-state index in [1.807, 2.05) is 25.1 Å². The first-order valence-corrected chi connectivity index (χ1v) is 11.2. The van der Waals surface area contributed by atoms with Gasteiger partial charge in [0.1, 0.15) is 17.3 Å². The summed E-state index contributed by atoms with van der Waals surface area (Å²) in [6.07, 6.45) is 3.91. The smallest absolute Gasteiger partial charge is 0.214 e. The van der Waals surface area contributed by atoms with Crippen LogP contribution in [0.15, 0.2) is 42.5 Å². The van der Waals surface area contributed by atoms with Gasteiger partial charge in [-0.3, -0.25) is 9.59 Å². The average molecular weight is 438 g/mol. The topological polar surface area (TPSA) is 83.9 Å². The Morgan fingerprint density at radius 1 is 1.25 bits per heavy atom. The molecule has 0 unspecified atom stereocenters. The van der Waals surface area contributed by atoms with E-state index in [1.165, 1.54) is 23.5 Å². The molecular formula is C26H31NO5. The first-order chi connectivity index (χ1) is 15.3. The molecule has 3 rings (SSSR count). The summed E-state index contributed by atoms with van der Waals surface area (Å²) >= 11 is 0. The van der Waals surface area contributed by atoms with Gasteiger partial charge in [0.15, 0.2) is 5.78 Å². The molecule has 0 saturated carbocycles. The van der Waals surface area contributed by atoms with E-state index in [0.29, 0.717) is 24.3 Å². The summed E-state index contributed by atoms with van der Waals surface area (Å²) in [6, 6.07) is 12.9. The Labute approximate surface area is 189 Å². The van der Waals surface area contributed by atoms with Gasteiger partial charge in [-0.05, 0) is 52.0 Å². The fourth-order valence-electron chi connectivity index (χ4n) is 4.34. The van der Waals surface area contributed by atoms with Gasteiger partial charge < -0.3 is 19.5 Å². The summed E-state index contributed by atoms with van der Waals surface area (Å²) in [6.45, 7) is 5.23. The lowest BCUT2D eigenvalue weighted by molar-refractivity contribution is -0.117. The standard InChI is InChI=1S/C26H31NO5/c1-17(29)12-13-22-19(3)27(16-28)23-14-21(15-24(30)25(23)26(22)31)32-18(2)8-7-11-20-9-5-4-6-10-20/h4-6,9-10,14-16,18-19,22,30H,7-8,11-13H2,1-3H3/t18-,19+,22+/m0/s1. The van der Waals surface area contributed by atoms with Gasteiger partial charge in [0.05, 0.1) is 17.4 Å². The van der Waals surface area contributed by atoms with Crippen molar-refractivity contribution in [2.45, 2.75) is 65.0 Å². The Morgan fingerprint density at radius 3 is 2.62 bits per heavy atom. The molecule has 0 aromatic heterocycles. The number of anilines is 1. The lowest BCUT2D eigenvalue weighted by atomic mass is 9.81. The molecule has 0 aliphatic carbocycles. The van der Waals surface area contributed by atoms with Gasteiger partial charge in [-0.15, -0.1) is 0 Å². The van der Waals surface area contributed by atoms with Crippen LogP contribution in [0, 0.1) is 5.92 Å². The molecule has 0 fully saturated rings. The van der Waals surface area contributed by atoms with Crippen molar-refractivity contribution < 1.29 is 24.2 Å². The number of hydrogen-bond acceptors (Lipinski definition) is 5. The number of amides is 1. The summed E-state index contributed by atoms with van der Waals surface area (Å²) in [4.78, 5) is 37.8. The molecule has 1 aliphatic rings. The van der Waals surface area contributed by atoms with Crippen LogP contribution in [0.3, 0.4) is 0 Å². The summed E-state index contributed by atoms with van der Waals surface area (Å²) < 4.78 is 6.01. The minimum Gasteiger partial charge on any atom is -0.507 e. The average Bonchev–Trinajstić information content (AvgIpc) is 2.74. The van der Waals surface area contributed by atoms with Gasteiger partial charge in [0.25, 0.3) is 0 Å². The summed E-state index contributed by atoms with van der Waals surface area (Å²) in [7, 11) is 0. The molecule has 1 aliphatic heterocycles. The molecule has 0 saturated heterocycles. The third-order valence-corrected chi connectivity index (χ3v) is 6.13. The molecule has 0 bridgehead atoms. The molecule has 0 radical (unpaired) electrons. The normalized spacial score (nSPS) is 18.7. The summed E-state index contributed by atoms with van der Waals surface area (Å²) in [5, 5.41) is 10.6. The Hall–Kier alpha value is -3.15. The van der Waals surface area contributed by atoms with E-state index in [2.05, 4.69) is 12.1 Å². The molecule has 2 aromatic carbocycles. The SMILES string of the molecule is CC(=O)CC[C@H]1C(=O)c2c(O)cc(O[C@@H](C)CCCc3ccccc3)cc2N(C=O)[C@@H]1C. The van der Waals surface area contributed by atoms with E-state index in [4.69, 9.17) is 4.74 Å². The zero-order valence-electron chi connectivity index (χ0n) is 18.9. The maximum atomic E-state index is 13.1. The molecule has 3 atom stereocenters. The van der Waals surface area contributed by atoms with Gasteiger partial charge in [0.2, 0.25) is 6.41 Å². The number of aryl methyl sites for hydroxylation is 1. The molecule has 0 spiro atoms. The van der Waals surface area contributed by atoms with Crippen molar-refractivity contribution in [3.63, 3.8) is 0 Å². The number of Topliss-reactive ketones (excluding diaryl/α,β-unsaturated/α-hetero) is 2.